The number of aromatic nitrogens is 1. The second-order valence-corrected chi connectivity index (χ2v) is 10.8. The highest BCUT2D eigenvalue weighted by molar-refractivity contribution is 7.92. The zero-order chi connectivity index (χ0) is 22.5. The lowest BCUT2D eigenvalue weighted by Gasteiger charge is -2.26. The van der Waals surface area contributed by atoms with Gasteiger partial charge in [0.2, 0.25) is 26.0 Å². The van der Waals surface area contributed by atoms with E-state index in [1.54, 1.807) is 24.5 Å². The Morgan fingerprint density at radius 3 is 2.39 bits per heavy atom. The van der Waals surface area contributed by atoms with Gasteiger partial charge in [-0.3, -0.25) is 14.1 Å². The van der Waals surface area contributed by atoms with E-state index in [2.05, 4.69) is 10.3 Å². The molecular formula is C19H24N4O6S2. The number of anilines is 1. The summed E-state index contributed by atoms with van der Waals surface area (Å²) in [5.41, 5.74) is 0.972. The summed E-state index contributed by atoms with van der Waals surface area (Å²) in [5.74, 6) is -0.501. The standard InChI is InChI=1S/C19H24N4O6S2/c1-30(25,26)23(15-19(24)21-14-16-3-2-8-20-13-16)17-4-6-18(7-5-17)31(27,28)22-9-11-29-12-10-22/h2-8,13H,9-12,14-15H2,1H3,(H,21,24). The lowest BCUT2D eigenvalue weighted by molar-refractivity contribution is -0.119. The van der Waals surface area contributed by atoms with E-state index in [0.717, 1.165) is 16.1 Å². The number of carbonyl (C=O) groups is 1. The van der Waals surface area contributed by atoms with E-state index in [0.29, 0.717) is 13.2 Å². The number of ether oxygens (including phenoxy) is 1. The van der Waals surface area contributed by atoms with Gasteiger partial charge in [0.25, 0.3) is 0 Å². The molecule has 0 saturated carbocycles. The first kappa shape index (κ1) is 23.1. The lowest BCUT2D eigenvalue weighted by atomic mass is 10.3. The topological polar surface area (TPSA) is 126 Å². The van der Waals surface area contributed by atoms with Crippen LogP contribution < -0.4 is 9.62 Å². The fourth-order valence-electron chi connectivity index (χ4n) is 3.01. The van der Waals surface area contributed by atoms with Gasteiger partial charge in [0.05, 0.1) is 30.1 Å². The van der Waals surface area contributed by atoms with Crippen molar-refractivity contribution in [3.8, 4) is 0 Å². The first-order valence-electron chi connectivity index (χ1n) is 9.49. The average Bonchev–Trinajstić information content (AvgIpc) is 2.77. The third kappa shape index (κ3) is 6.00. The molecule has 12 heteroatoms. The second-order valence-electron chi connectivity index (χ2n) is 6.92. The van der Waals surface area contributed by atoms with Gasteiger partial charge in [-0.1, -0.05) is 6.07 Å². The number of nitrogens with one attached hydrogen (secondary N) is 1. The van der Waals surface area contributed by atoms with Crippen molar-refractivity contribution in [1.82, 2.24) is 14.6 Å². The molecule has 1 amide bonds. The zero-order valence-corrected chi connectivity index (χ0v) is 18.6. The molecule has 10 nitrogen and oxygen atoms in total. The molecule has 168 valence electrons. The highest BCUT2D eigenvalue weighted by Crippen LogP contribution is 2.23. The van der Waals surface area contributed by atoms with E-state index in [4.69, 9.17) is 4.74 Å². The van der Waals surface area contributed by atoms with Gasteiger partial charge in [-0.05, 0) is 35.9 Å². The molecule has 31 heavy (non-hydrogen) atoms. The summed E-state index contributed by atoms with van der Waals surface area (Å²) < 4.78 is 57.4. The Labute approximate surface area is 181 Å². The Kier molecular flexibility index (Phi) is 7.26. The molecule has 0 atom stereocenters. The van der Waals surface area contributed by atoms with E-state index < -0.39 is 32.5 Å². The van der Waals surface area contributed by atoms with Gasteiger partial charge >= 0.3 is 0 Å². The molecule has 1 aromatic carbocycles. The number of morpholine rings is 1. The molecule has 0 aliphatic carbocycles. The molecule has 2 aromatic rings. The number of pyridine rings is 1. The maximum absolute atomic E-state index is 12.7. The van der Waals surface area contributed by atoms with Crippen molar-refractivity contribution in [1.29, 1.82) is 0 Å². The number of amides is 1. The average molecular weight is 469 g/mol. The molecule has 1 N–H and O–H groups in total. The van der Waals surface area contributed by atoms with E-state index in [1.165, 1.54) is 28.6 Å². The van der Waals surface area contributed by atoms with Crippen LogP contribution in [-0.2, 0) is 36.1 Å². The molecule has 1 fully saturated rings. The minimum Gasteiger partial charge on any atom is -0.379 e. The molecule has 0 bridgehead atoms. The molecular weight excluding hydrogens is 444 g/mol. The largest absolute Gasteiger partial charge is 0.379 e. The third-order valence-electron chi connectivity index (χ3n) is 4.63. The van der Waals surface area contributed by atoms with Gasteiger partial charge in [-0.2, -0.15) is 4.31 Å². The molecule has 1 aliphatic heterocycles. The number of hydrogen-bond acceptors (Lipinski definition) is 7. The summed E-state index contributed by atoms with van der Waals surface area (Å²) >= 11 is 0. The van der Waals surface area contributed by atoms with Gasteiger partial charge in [0, 0.05) is 32.0 Å². The fourth-order valence-corrected chi connectivity index (χ4v) is 5.27. The number of hydrogen-bond donors (Lipinski definition) is 1. The summed E-state index contributed by atoms with van der Waals surface area (Å²) in [6.07, 6.45) is 4.20. The van der Waals surface area contributed by atoms with Crippen LogP contribution >= 0.6 is 0 Å². The summed E-state index contributed by atoms with van der Waals surface area (Å²) in [7, 11) is -7.48. The smallest absolute Gasteiger partial charge is 0.243 e. The lowest BCUT2D eigenvalue weighted by Crippen LogP contribution is -2.41. The molecule has 0 spiro atoms. The Bertz CT molecular complexity index is 1100. The van der Waals surface area contributed by atoms with Gasteiger partial charge in [0.15, 0.2) is 0 Å². The molecule has 1 aromatic heterocycles. The van der Waals surface area contributed by atoms with E-state index in [1.807, 2.05) is 0 Å². The van der Waals surface area contributed by atoms with Crippen LogP contribution in [0.4, 0.5) is 5.69 Å². The van der Waals surface area contributed by atoms with Crippen molar-refractivity contribution < 1.29 is 26.4 Å². The first-order valence-corrected chi connectivity index (χ1v) is 12.8. The van der Waals surface area contributed by atoms with Crippen LogP contribution in [0.5, 0.6) is 0 Å². The first-order chi connectivity index (χ1) is 14.7. The van der Waals surface area contributed by atoms with Crippen molar-refractivity contribution >= 4 is 31.6 Å². The normalized spacial score (nSPS) is 15.4. The van der Waals surface area contributed by atoms with Crippen molar-refractivity contribution in [2.24, 2.45) is 0 Å². The highest BCUT2D eigenvalue weighted by Gasteiger charge is 2.27. The molecule has 1 saturated heterocycles. The number of rotatable bonds is 8. The minimum atomic E-state index is -3.78. The van der Waals surface area contributed by atoms with Crippen LogP contribution in [0.1, 0.15) is 5.56 Å². The third-order valence-corrected chi connectivity index (χ3v) is 7.69. The van der Waals surface area contributed by atoms with Crippen LogP contribution in [0, 0.1) is 0 Å². The second kappa shape index (κ2) is 9.73. The van der Waals surface area contributed by atoms with Gasteiger partial charge in [-0.25, -0.2) is 16.8 Å². The van der Waals surface area contributed by atoms with E-state index in [9.17, 15) is 21.6 Å². The maximum atomic E-state index is 12.7. The molecule has 0 radical (unpaired) electrons. The van der Waals surface area contributed by atoms with Crippen molar-refractivity contribution in [3.05, 3.63) is 54.4 Å². The van der Waals surface area contributed by atoms with Gasteiger partial charge in [-0.15, -0.1) is 0 Å². The monoisotopic (exact) mass is 468 g/mol. The molecule has 2 heterocycles. The number of sulfonamides is 2. The minimum absolute atomic E-state index is 0.0487. The van der Waals surface area contributed by atoms with Crippen molar-refractivity contribution in [3.63, 3.8) is 0 Å². The number of benzene rings is 1. The quantitative estimate of drug-likeness (QED) is 0.586. The summed E-state index contributed by atoms with van der Waals surface area (Å²) in [6.45, 7) is 0.948. The number of carbonyl (C=O) groups excluding carboxylic acids is 1. The van der Waals surface area contributed by atoms with Crippen molar-refractivity contribution in [2.75, 3.05) is 43.4 Å². The zero-order valence-electron chi connectivity index (χ0n) is 17.0. The Hall–Kier alpha value is -2.54. The van der Waals surface area contributed by atoms with Crippen LogP contribution in [0.3, 0.4) is 0 Å². The highest BCUT2D eigenvalue weighted by atomic mass is 32.2. The van der Waals surface area contributed by atoms with Crippen LogP contribution in [-0.4, -0.2) is 71.1 Å². The molecule has 3 rings (SSSR count). The van der Waals surface area contributed by atoms with Gasteiger partial charge < -0.3 is 10.1 Å². The predicted molar refractivity (Wildman–Crippen MR) is 114 cm³/mol. The Morgan fingerprint density at radius 2 is 1.81 bits per heavy atom. The summed E-state index contributed by atoms with van der Waals surface area (Å²) in [6, 6.07) is 8.95. The van der Waals surface area contributed by atoms with Crippen molar-refractivity contribution in [2.45, 2.75) is 11.4 Å². The Morgan fingerprint density at radius 1 is 1.13 bits per heavy atom. The van der Waals surface area contributed by atoms with E-state index >= 15 is 0 Å². The van der Waals surface area contributed by atoms with Crippen LogP contribution in [0.2, 0.25) is 0 Å². The maximum Gasteiger partial charge on any atom is 0.243 e. The number of nitrogens with zero attached hydrogens (tertiary/aromatic N) is 3. The SMILES string of the molecule is CS(=O)(=O)N(CC(=O)NCc1cccnc1)c1ccc(S(=O)(=O)N2CCOCC2)cc1. The van der Waals surface area contributed by atoms with Crippen LogP contribution in [0.15, 0.2) is 53.7 Å². The summed E-state index contributed by atoms with van der Waals surface area (Å²) in [4.78, 5) is 16.3. The summed E-state index contributed by atoms with van der Waals surface area (Å²) in [5, 5.41) is 2.65. The molecule has 1 aliphatic rings. The van der Waals surface area contributed by atoms with Gasteiger partial charge in [0.1, 0.15) is 6.54 Å². The Balaban J connectivity index is 1.73. The predicted octanol–water partition coefficient (Wildman–Crippen LogP) is 0.185. The molecule has 0 unspecified atom stereocenters. The van der Waals surface area contributed by atoms with Crippen LogP contribution in [0.25, 0.3) is 0 Å². The van der Waals surface area contributed by atoms with E-state index in [-0.39, 0.29) is 30.2 Å². The fraction of sp³-hybridized carbons (Fsp3) is 0.368.